The standard InChI is InChI=1S/C22H27Cl2N3O3S/c23-15-4-3-14(7-16(15)24)30-9-20(28)25-17-8-18(13-5-12(17)6-13)26-21(29)22-27-19(10-31-22)11-1-2-11/h3-4,7,11-13,17-19,22,27H,1-2,5-6,8-10H2,(H,25,28)(H,26,29). The van der Waals surface area contributed by atoms with Crippen LogP contribution in [-0.2, 0) is 9.59 Å². The van der Waals surface area contributed by atoms with Gasteiger partial charge in [-0.25, -0.2) is 0 Å². The number of benzene rings is 1. The fraction of sp³-hybridized carbons (Fsp3) is 0.636. The molecule has 6 rings (SSSR count). The van der Waals surface area contributed by atoms with Crippen molar-refractivity contribution in [2.75, 3.05) is 12.4 Å². The van der Waals surface area contributed by atoms with Gasteiger partial charge in [0.1, 0.15) is 11.1 Å². The van der Waals surface area contributed by atoms with Gasteiger partial charge >= 0.3 is 0 Å². The molecule has 4 atom stereocenters. The van der Waals surface area contributed by atoms with Gasteiger partial charge in [-0.15, -0.1) is 11.8 Å². The van der Waals surface area contributed by atoms with Crippen molar-refractivity contribution in [3.63, 3.8) is 0 Å². The average molecular weight is 484 g/mol. The van der Waals surface area contributed by atoms with Crippen LogP contribution in [0.4, 0.5) is 0 Å². The van der Waals surface area contributed by atoms with Crippen LogP contribution in [0.25, 0.3) is 0 Å². The molecule has 0 radical (unpaired) electrons. The van der Waals surface area contributed by atoms with Crippen LogP contribution in [0.15, 0.2) is 18.2 Å². The predicted octanol–water partition coefficient (Wildman–Crippen LogP) is 3.21. The molecule has 4 saturated carbocycles. The smallest absolute Gasteiger partial charge is 0.258 e. The first-order chi connectivity index (χ1) is 15.0. The van der Waals surface area contributed by atoms with Gasteiger partial charge in [0.2, 0.25) is 5.91 Å². The fourth-order valence-corrected chi connectivity index (χ4v) is 6.56. The second-order valence-corrected chi connectivity index (χ2v) is 11.2. The van der Waals surface area contributed by atoms with Crippen molar-refractivity contribution in [1.29, 1.82) is 0 Å². The molecule has 2 bridgehead atoms. The van der Waals surface area contributed by atoms with Crippen molar-refractivity contribution in [2.24, 2.45) is 17.8 Å². The molecule has 6 nitrogen and oxygen atoms in total. The van der Waals surface area contributed by atoms with Gasteiger partial charge < -0.3 is 15.4 Å². The van der Waals surface area contributed by atoms with Crippen LogP contribution in [0, 0.1) is 17.8 Å². The normalized spacial score (nSPS) is 34.0. The Kier molecular flexibility index (Phi) is 6.30. The van der Waals surface area contributed by atoms with Crippen LogP contribution in [0.2, 0.25) is 10.0 Å². The first kappa shape index (κ1) is 21.7. The van der Waals surface area contributed by atoms with Gasteiger partial charge in [-0.3, -0.25) is 14.9 Å². The minimum absolute atomic E-state index is 0.0728. The van der Waals surface area contributed by atoms with E-state index in [1.54, 1.807) is 30.0 Å². The first-order valence-corrected chi connectivity index (χ1v) is 12.8. The Bertz CT molecular complexity index is 862. The van der Waals surface area contributed by atoms with Crippen LogP contribution >= 0.6 is 35.0 Å². The van der Waals surface area contributed by atoms with E-state index in [9.17, 15) is 9.59 Å². The fourth-order valence-electron chi connectivity index (χ4n) is 5.01. The summed E-state index contributed by atoms with van der Waals surface area (Å²) < 4.78 is 5.55. The maximum absolute atomic E-state index is 12.8. The number of fused-ring (bicyclic) bond motifs is 2. The van der Waals surface area contributed by atoms with Crippen molar-refractivity contribution >= 4 is 46.8 Å². The predicted molar refractivity (Wildman–Crippen MR) is 123 cm³/mol. The first-order valence-electron chi connectivity index (χ1n) is 11.0. The summed E-state index contributed by atoms with van der Waals surface area (Å²) in [6, 6.07) is 5.62. The molecule has 4 aliphatic carbocycles. The number of thioether (sulfide) groups is 1. The third kappa shape index (κ3) is 4.95. The molecule has 9 heteroatoms. The highest BCUT2D eigenvalue weighted by atomic mass is 35.5. The van der Waals surface area contributed by atoms with E-state index < -0.39 is 0 Å². The number of halogens is 2. The van der Waals surface area contributed by atoms with Crippen LogP contribution in [0.3, 0.4) is 0 Å². The molecular formula is C22H27Cl2N3O3S. The molecule has 0 spiro atoms. The minimum atomic E-state index is -0.160. The molecule has 1 saturated heterocycles. The van der Waals surface area contributed by atoms with E-state index in [4.69, 9.17) is 27.9 Å². The highest BCUT2D eigenvalue weighted by Gasteiger charge is 2.48. The highest BCUT2D eigenvalue weighted by molar-refractivity contribution is 8.00. The van der Waals surface area contributed by atoms with Crippen molar-refractivity contribution in [3.05, 3.63) is 28.2 Å². The molecule has 1 aromatic rings. The lowest BCUT2D eigenvalue weighted by Gasteiger charge is -2.51. The zero-order valence-electron chi connectivity index (χ0n) is 17.1. The molecule has 1 aliphatic heterocycles. The molecule has 5 aliphatic rings. The summed E-state index contributed by atoms with van der Waals surface area (Å²) in [5.74, 6) is 3.25. The largest absolute Gasteiger partial charge is 0.484 e. The average Bonchev–Trinajstić information content (AvgIpc) is 3.44. The molecule has 1 heterocycles. The van der Waals surface area contributed by atoms with E-state index in [-0.39, 0.29) is 35.9 Å². The van der Waals surface area contributed by atoms with Gasteiger partial charge in [-0.05, 0) is 62.0 Å². The number of hydrogen-bond donors (Lipinski definition) is 3. The molecule has 5 fully saturated rings. The quantitative estimate of drug-likeness (QED) is 0.554. The Labute approximate surface area is 196 Å². The van der Waals surface area contributed by atoms with Gasteiger partial charge in [0.05, 0.1) is 10.0 Å². The molecule has 31 heavy (non-hydrogen) atoms. The number of carbonyl (C=O) groups excluding carboxylic acids is 2. The van der Waals surface area contributed by atoms with Crippen molar-refractivity contribution in [3.8, 4) is 5.75 Å². The number of hydrogen-bond acceptors (Lipinski definition) is 5. The van der Waals surface area contributed by atoms with Gasteiger partial charge in [0, 0.05) is 29.9 Å². The molecule has 2 amide bonds. The lowest BCUT2D eigenvalue weighted by Crippen LogP contribution is -2.61. The van der Waals surface area contributed by atoms with E-state index >= 15 is 0 Å². The summed E-state index contributed by atoms with van der Waals surface area (Å²) in [4.78, 5) is 25.2. The second-order valence-electron chi connectivity index (χ2n) is 9.20. The molecule has 3 N–H and O–H groups in total. The topological polar surface area (TPSA) is 79.5 Å². The van der Waals surface area contributed by atoms with E-state index in [1.165, 1.54) is 12.8 Å². The van der Waals surface area contributed by atoms with Crippen molar-refractivity contribution in [1.82, 2.24) is 16.0 Å². The maximum atomic E-state index is 12.8. The third-order valence-electron chi connectivity index (χ3n) is 7.03. The van der Waals surface area contributed by atoms with Crippen LogP contribution in [-0.4, -0.2) is 47.7 Å². The summed E-state index contributed by atoms with van der Waals surface area (Å²) in [7, 11) is 0. The number of rotatable bonds is 7. The van der Waals surface area contributed by atoms with E-state index in [0.717, 1.165) is 30.9 Å². The number of ether oxygens (including phenoxy) is 1. The Morgan fingerprint density at radius 2 is 1.77 bits per heavy atom. The monoisotopic (exact) mass is 483 g/mol. The van der Waals surface area contributed by atoms with Gasteiger partial charge in [0.15, 0.2) is 6.61 Å². The Morgan fingerprint density at radius 3 is 2.48 bits per heavy atom. The van der Waals surface area contributed by atoms with E-state index in [0.29, 0.717) is 33.7 Å². The zero-order valence-corrected chi connectivity index (χ0v) is 19.4. The summed E-state index contributed by atoms with van der Waals surface area (Å²) in [5.41, 5.74) is 0. The number of amides is 2. The summed E-state index contributed by atoms with van der Waals surface area (Å²) in [5, 5.41) is 10.6. The van der Waals surface area contributed by atoms with E-state index in [1.807, 2.05) is 0 Å². The second kappa shape index (κ2) is 9.00. The lowest BCUT2D eigenvalue weighted by atomic mass is 9.60. The summed E-state index contributed by atoms with van der Waals surface area (Å²) >= 11 is 13.6. The van der Waals surface area contributed by atoms with Crippen LogP contribution < -0.4 is 20.7 Å². The molecule has 168 valence electrons. The Hall–Kier alpha value is -1.15. The molecule has 1 aromatic carbocycles. The van der Waals surface area contributed by atoms with Crippen molar-refractivity contribution < 1.29 is 14.3 Å². The Balaban J connectivity index is 1.09. The highest BCUT2D eigenvalue weighted by Crippen LogP contribution is 2.46. The van der Waals surface area contributed by atoms with Gasteiger partial charge in [-0.1, -0.05) is 23.2 Å². The summed E-state index contributed by atoms with van der Waals surface area (Å²) in [6.45, 7) is -0.0766. The molecule has 0 aromatic heterocycles. The molecular weight excluding hydrogens is 457 g/mol. The summed E-state index contributed by atoms with van der Waals surface area (Å²) in [6.07, 6.45) is 5.46. The maximum Gasteiger partial charge on any atom is 0.258 e. The van der Waals surface area contributed by atoms with Crippen molar-refractivity contribution in [2.45, 2.75) is 55.6 Å². The van der Waals surface area contributed by atoms with Gasteiger partial charge in [-0.2, -0.15) is 0 Å². The van der Waals surface area contributed by atoms with Gasteiger partial charge in [0.25, 0.3) is 5.91 Å². The minimum Gasteiger partial charge on any atom is -0.484 e. The SMILES string of the molecule is O=C(COc1ccc(Cl)c(Cl)c1)NC1CC(NC(=O)C2NC(C3CC3)CS2)C2CC1C2. The van der Waals surface area contributed by atoms with E-state index in [2.05, 4.69) is 16.0 Å². The zero-order chi connectivity index (χ0) is 21.5. The lowest BCUT2D eigenvalue weighted by molar-refractivity contribution is -0.126. The van der Waals surface area contributed by atoms with Crippen LogP contribution in [0.1, 0.15) is 32.1 Å². The van der Waals surface area contributed by atoms with Crippen LogP contribution in [0.5, 0.6) is 5.75 Å². The third-order valence-corrected chi connectivity index (χ3v) is 9.00. The number of carbonyl (C=O) groups is 2. The molecule has 4 unspecified atom stereocenters. The number of nitrogens with one attached hydrogen (secondary N) is 3. The Morgan fingerprint density at radius 1 is 1.03 bits per heavy atom.